The number of aromatic amines is 1. The number of aryl methyl sites for hydroxylation is 1. The summed E-state index contributed by atoms with van der Waals surface area (Å²) in [6.07, 6.45) is 7.05. The molecule has 1 saturated heterocycles. The van der Waals surface area contributed by atoms with Crippen LogP contribution in [0.25, 0.3) is 11.3 Å². The van der Waals surface area contributed by atoms with E-state index in [0.29, 0.717) is 0 Å². The van der Waals surface area contributed by atoms with Crippen molar-refractivity contribution < 1.29 is 0 Å². The zero-order valence-electron chi connectivity index (χ0n) is 15.3. The van der Waals surface area contributed by atoms with Gasteiger partial charge in [0.25, 0.3) is 0 Å². The molecule has 0 bridgehead atoms. The van der Waals surface area contributed by atoms with Crippen LogP contribution in [0.1, 0.15) is 17.8 Å². The molecule has 1 aliphatic heterocycles. The minimum atomic E-state index is 0.929. The largest absolute Gasteiger partial charge is 0.337 e. The molecule has 0 spiro atoms. The lowest BCUT2D eigenvalue weighted by Crippen LogP contribution is -2.31. The van der Waals surface area contributed by atoms with Crippen LogP contribution in [0.4, 0.5) is 0 Å². The summed E-state index contributed by atoms with van der Waals surface area (Å²) in [6.45, 7) is 6.27. The van der Waals surface area contributed by atoms with Gasteiger partial charge in [0.05, 0.1) is 18.4 Å². The summed E-state index contributed by atoms with van der Waals surface area (Å²) in [6, 6.07) is 10.5. The predicted octanol–water partition coefficient (Wildman–Crippen LogP) is 2.52. The molecular formula is C20H26N6. The fourth-order valence-electron chi connectivity index (χ4n) is 3.62. The van der Waals surface area contributed by atoms with Crippen molar-refractivity contribution in [2.45, 2.75) is 19.5 Å². The molecule has 0 unspecified atom stereocenters. The van der Waals surface area contributed by atoms with Gasteiger partial charge in [0, 0.05) is 44.6 Å². The van der Waals surface area contributed by atoms with Crippen molar-refractivity contribution in [1.29, 1.82) is 0 Å². The van der Waals surface area contributed by atoms with Crippen LogP contribution in [-0.4, -0.2) is 55.7 Å². The van der Waals surface area contributed by atoms with Crippen molar-refractivity contribution in [3.63, 3.8) is 0 Å². The SMILES string of the molecule is Cn1ccnc1CN1CCCN(Cc2cn[nH]c2-c2ccccc2)CC1. The van der Waals surface area contributed by atoms with Gasteiger partial charge in [-0.2, -0.15) is 5.10 Å². The first-order chi connectivity index (χ1) is 12.8. The van der Waals surface area contributed by atoms with Crippen molar-refractivity contribution in [3.8, 4) is 11.3 Å². The molecule has 1 aliphatic rings. The minimum absolute atomic E-state index is 0.929. The van der Waals surface area contributed by atoms with Gasteiger partial charge in [-0.1, -0.05) is 30.3 Å². The number of aromatic nitrogens is 4. The van der Waals surface area contributed by atoms with Crippen LogP contribution in [0.5, 0.6) is 0 Å². The Labute approximate surface area is 154 Å². The highest BCUT2D eigenvalue weighted by Crippen LogP contribution is 2.22. The third-order valence-electron chi connectivity index (χ3n) is 5.14. The maximum absolute atomic E-state index is 4.46. The van der Waals surface area contributed by atoms with E-state index in [1.165, 1.54) is 17.5 Å². The Hall–Kier alpha value is -2.44. The summed E-state index contributed by atoms with van der Waals surface area (Å²) in [7, 11) is 2.07. The second-order valence-electron chi connectivity index (χ2n) is 7.00. The zero-order valence-corrected chi connectivity index (χ0v) is 15.3. The van der Waals surface area contributed by atoms with Crippen molar-refractivity contribution in [2.24, 2.45) is 7.05 Å². The van der Waals surface area contributed by atoms with Crippen LogP contribution in [0.15, 0.2) is 48.9 Å². The van der Waals surface area contributed by atoms with E-state index in [2.05, 4.69) is 60.9 Å². The topological polar surface area (TPSA) is 53.0 Å². The Morgan fingerprint density at radius 2 is 1.77 bits per heavy atom. The highest BCUT2D eigenvalue weighted by atomic mass is 15.2. The molecule has 2 aromatic heterocycles. The van der Waals surface area contributed by atoms with Gasteiger partial charge in [0.1, 0.15) is 5.82 Å². The molecule has 26 heavy (non-hydrogen) atoms. The van der Waals surface area contributed by atoms with Crippen molar-refractivity contribution in [2.75, 3.05) is 26.2 Å². The number of nitrogens with one attached hydrogen (secondary N) is 1. The smallest absolute Gasteiger partial charge is 0.122 e. The highest BCUT2D eigenvalue weighted by molar-refractivity contribution is 5.62. The first-order valence-corrected chi connectivity index (χ1v) is 9.28. The van der Waals surface area contributed by atoms with Gasteiger partial charge in [-0.25, -0.2) is 4.98 Å². The first-order valence-electron chi connectivity index (χ1n) is 9.28. The number of H-pyrrole nitrogens is 1. The number of imidazole rings is 1. The lowest BCUT2D eigenvalue weighted by Gasteiger charge is -2.21. The average Bonchev–Trinajstić information content (AvgIpc) is 3.22. The van der Waals surface area contributed by atoms with Gasteiger partial charge in [-0.3, -0.25) is 14.9 Å². The van der Waals surface area contributed by atoms with E-state index in [1.807, 2.05) is 24.7 Å². The van der Waals surface area contributed by atoms with E-state index in [0.717, 1.165) is 50.8 Å². The van der Waals surface area contributed by atoms with E-state index in [-0.39, 0.29) is 0 Å². The molecule has 0 amide bonds. The van der Waals surface area contributed by atoms with Crippen LogP contribution < -0.4 is 0 Å². The van der Waals surface area contributed by atoms with Crippen molar-refractivity contribution in [3.05, 3.63) is 60.3 Å². The molecule has 3 heterocycles. The molecule has 1 fully saturated rings. The van der Waals surface area contributed by atoms with Gasteiger partial charge in [-0.05, 0) is 25.1 Å². The van der Waals surface area contributed by atoms with Crippen LogP contribution in [-0.2, 0) is 20.1 Å². The second-order valence-corrected chi connectivity index (χ2v) is 7.00. The number of nitrogens with zero attached hydrogens (tertiary/aromatic N) is 5. The maximum Gasteiger partial charge on any atom is 0.122 e. The van der Waals surface area contributed by atoms with Gasteiger partial charge in [0.15, 0.2) is 0 Å². The van der Waals surface area contributed by atoms with Crippen LogP contribution in [0.3, 0.4) is 0 Å². The quantitative estimate of drug-likeness (QED) is 0.768. The zero-order chi connectivity index (χ0) is 17.8. The Kier molecular flexibility index (Phi) is 5.13. The van der Waals surface area contributed by atoms with E-state index in [4.69, 9.17) is 0 Å². The second kappa shape index (κ2) is 7.85. The summed E-state index contributed by atoms with van der Waals surface area (Å²) < 4.78 is 2.11. The Morgan fingerprint density at radius 1 is 1.00 bits per heavy atom. The lowest BCUT2D eigenvalue weighted by atomic mass is 10.1. The third-order valence-corrected chi connectivity index (χ3v) is 5.14. The fourth-order valence-corrected chi connectivity index (χ4v) is 3.62. The van der Waals surface area contributed by atoms with Gasteiger partial charge >= 0.3 is 0 Å². The van der Waals surface area contributed by atoms with E-state index in [1.54, 1.807) is 0 Å². The third kappa shape index (κ3) is 3.86. The molecule has 6 heteroatoms. The molecule has 0 radical (unpaired) electrons. The monoisotopic (exact) mass is 350 g/mol. The van der Waals surface area contributed by atoms with E-state index >= 15 is 0 Å². The molecule has 136 valence electrons. The molecule has 6 nitrogen and oxygen atoms in total. The average molecular weight is 350 g/mol. The highest BCUT2D eigenvalue weighted by Gasteiger charge is 2.18. The summed E-state index contributed by atoms with van der Waals surface area (Å²) in [5.74, 6) is 1.14. The number of hydrogen-bond acceptors (Lipinski definition) is 4. The van der Waals surface area contributed by atoms with Gasteiger partial charge < -0.3 is 4.57 Å². The number of benzene rings is 1. The lowest BCUT2D eigenvalue weighted by molar-refractivity contribution is 0.242. The molecular weight excluding hydrogens is 324 g/mol. The standard InChI is InChI=1S/C20H26N6/c1-24-11-8-21-19(24)16-26-10-5-9-25(12-13-26)15-18-14-22-23-20(18)17-6-3-2-4-7-17/h2-4,6-8,11,14H,5,9-10,12-13,15-16H2,1H3,(H,22,23). The molecule has 4 rings (SSSR count). The summed E-state index contributed by atoms with van der Waals surface area (Å²) in [5.41, 5.74) is 3.61. The summed E-state index contributed by atoms with van der Waals surface area (Å²) >= 11 is 0. The van der Waals surface area contributed by atoms with Crippen LogP contribution >= 0.6 is 0 Å². The minimum Gasteiger partial charge on any atom is -0.337 e. The molecule has 1 N–H and O–H groups in total. The molecule has 0 atom stereocenters. The molecule has 3 aromatic rings. The van der Waals surface area contributed by atoms with Crippen molar-refractivity contribution >= 4 is 0 Å². The fraction of sp³-hybridized carbons (Fsp3) is 0.400. The predicted molar refractivity (Wildman–Crippen MR) is 102 cm³/mol. The normalized spacial score (nSPS) is 16.7. The Bertz CT molecular complexity index is 822. The summed E-state index contributed by atoms with van der Waals surface area (Å²) in [4.78, 5) is 9.51. The van der Waals surface area contributed by atoms with Crippen LogP contribution in [0, 0.1) is 0 Å². The van der Waals surface area contributed by atoms with Gasteiger partial charge in [0.2, 0.25) is 0 Å². The first kappa shape index (κ1) is 17.0. The summed E-state index contributed by atoms with van der Waals surface area (Å²) in [5, 5.41) is 7.46. The van der Waals surface area contributed by atoms with E-state index < -0.39 is 0 Å². The van der Waals surface area contributed by atoms with Crippen LogP contribution in [0.2, 0.25) is 0 Å². The number of hydrogen-bond donors (Lipinski definition) is 1. The van der Waals surface area contributed by atoms with E-state index in [9.17, 15) is 0 Å². The maximum atomic E-state index is 4.46. The number of rotatable bonds is 5. The van der Waals surface area contributed by atoms with Gasteiger partial charge in [-0.15, -0.1) is 0 Å². The molecule has 0 aliphatic carbocycles. The molecule has 0 saturated carbocycles. The molecule has 1 aromatic carbocycles. The Balaban J connectivity index is 1.38. The van der Waals surface area contributed by atoms with Crippen molar-refractivity contribution in [1.82, 2.24) is 29.5 Å². The Morgan fingerprint density at radius 3 is 2.50 bits per heavy atom.